The molecule has 2 aromatic heterocycles. The highest BCUT2D eigenvalue weighted by Gasteiger charge is 2.12. The van der Waals surface area contributed by atoms with Crippen LogP contribution in [-0.4, -0.2) is 15.8 Å². The Morgan fingerprint density at radius 1 is 1.10 bits per heavy atom. The molecule has 0 aliphatic carbocycles. The van der Waals surface area contributed by atoms with Crippen molar-refractivity contribution in [1.29, 1.82) is 0 Å². The molecule has 0 spiro atoms. The molecule has 4 rings (SSSR count). The fraction of sp³-hybridized carbons (Fsp3) is 0. The molecule has 4 aromatic rings. The molecular formula is C20H11Cl2FN4O3S. The van der Waals surface area contributed by atoms with E-state index in [0.717, 1.165) is 5.56 Å². The third kappa shape index (κ3) is 4.74. The summed E-state index contributed by atoms with van der Waals surface area (Å²) in [5.41, 5.74) is 1.91. The largest absolute Gasteiger partial charge is 0.433 e. The van der Waals surface area contributed by atoms with E-state index in [2.05, 4.69) is 10.1 Å². The van der Waals surface area contributed by atoms with Gasteiger partial charge in [0.25, 0.3) is 0 Å². The highest BCUT2D eigenvalue weighted by Crippen LogP contribution is 2.29. The summed E-state index contributed by atoms with van der Waals surface area (Å²) in [4.78, 5) is 15.2. The van der Waals surface area contributed by atoms with Crippen LogP contribution in [0.25, 0.3) is 11.3 Å². The van der Waals surface area contributed by atoms with Crippen LogP contribution >= 0.6 is 34.5 Å². The number of benzene rings is 2. The predicted octanol–water partition coefficient (Wildman–Crippen LogP) is 6.28. The molecule has 0 aliphatic rings. The third-order valence-corrected chi connectivity index (χ3v) is 5.60. The van der Waals surface area contributed by atoms with Gasteiger partial charge in [-0.1, -0.05) is 29.3 Å². The van der Waals surface area contributed by atoms with Gasteiger partial charge in [-0.25, -0.2) is 14.1 Å². The number of rotatable bonds is 5. The Balaban J connectivity index is 1.82. The van der Waals surface area contributed by atoms with Crippen LogP contribution in [0.2, 0.25) is 10.0 Å². The van der Waals surface area contributed by atoms with E-state index in [0.29, 0.717) is 26.2 Å². The topological polar surface area (TPSA) is 85.9 Å². The van der Waals surface area contributed by atoms with Crippen molar-refractivity contribution in [3.63, 3.8) is 0 Å². The molecule has 2 heterocycles. The first-order valence-electron chi connectivity index (χ1n) is 8.65. The van der Waals surface area contributed by atoms with Crippen LogP contribution < -0.4 is 4.80 Å². The van der Waals surface area contributed by atoms with Crippen LogP contribution in [0.3, 0.4) is 0 Å². The first-order valence-corrected chi connectivity index (χ1v) is 10.3. The van der Waals surface area contributed by atoms with Crippen molar-refractivity contribution in [2.45, 2.75) is 0 Å². The van der Waals surface area contributed by atoms with Gasteiger partial charge in [0, 0.05) is 10.9 Å². The molecule has 0 N–H and O–H groups in total. The zero-order chi connectivity index (χ0) is 22.0. The fourth-order valence-corrected chi connectivity index (χ4v) is 3.75. The molecule has 0 bridgehead atoms. The van der Waals surface area contributed by atoms with Crippen LogP contribution in [0.1, 0.15) is 5.76 Å². The van der Waals surface area contributed by atoms with Crippen molar-refractivity contribution in [2.24, 2.45) is 10.1 Å². The minimum atomic E-state index is -0.633. The highest BCUT2D eigenvalue weighted by atomic mass is 35.5. The van der Waals surface area contributed by atoms with Crippen LogP contribution in [0.5, 0.6) is 0 Å². The standard InChI is InChI=1S/C20H11Cl2FN4O3S/c21-16-7-1-12(9-17(16)22)18-11-31-20(25-14-4-2-13(23)3-5-14)26(18)24-10-15-6-8-19(30-15)27(28)29/h1-11H. The summed E-state index contributed by atoms with van der Waals surface area (Å²) in [5, 5.41) is 17.8. The Morgan fingerprint density at radius 2 is 1.87 bits per heavy atom. The maximum Gasteiger partial charge on any atom is 0.433 e. The number of hydrogen-bond donors (Lipinski definition) is 0. The van der Waals surface area contributed by atoms with Crippen molar-refractivity contribution < 1.29 is 13.7 Å². The van der Waals surface area contributed by atoms with E-state index >= 15 is 0 Å². The van der Waals surface area contributed by atoms with Gasteiger partial charge in [0.2, 0.25) is 4.80 Å². The molecule has 0 unspecified atom stereocenters. The lowest BCUT2D eigenvalue weighted by Gasteiger charge is -2.05. The first kappa shape index (κ1) is 21.0. The van der Waals surface area contributed by atoms with E-state index in [1.54, 1.807) is 18.2 Å². The molecule has 0 aliphatic heterocycles. The summed E-state index contributed by atoms with van der Waals surface area (Å²) in [7, 11) is 0. The molecule has 0 amide bonds. The van der Waals surface area contributed by atoms with Gasteiger partial charge in [-0.15, -0.1) is 11.3 Å². The molecule has 11 heteroatoms. The second-order valence-corrected chi connectivity index (χ2v) is 7.76. The molecule has 2 aromatic carbocycles. The number of furan rings is 1. The SMILES string of the molecule is O=[N+]([O-])c1ccc(C=Nn2c(-c3ccc(Cl)c(Cl)c3)csc2=Nc2ccc(F)cc2)o1. The molecule has 7 nitrogen and oxygen atoms in total. The van der Waals surface area contributed by atoms with Gasteiger partial charge >= 0.3 is 5.88 Å². The zero-order valence-electron chi connectivity index (χ0n) is 15.4. The Bertz CT molecular complexity index is 1360. The molecule has 0 radical (unpaired) electrons. The lowest BCUT2D eigenvalue weighted by molar-refractivity contribution is -0.402. The van der Waals surface area contributed by atoms with Crippen LogP contribution in [0.15, 0.2) is 74.5 Å². The quantitative estimate of drug-likeness (QED) is 0.193. The van der Waals surface area contributed by atoms with Gasteiger partial charge in [0.15, 0.2) is 5.76 Å². The smallest absolute Gasteiger partial charge is 0.400 e. The third-order valence-electron chi connectivity index (χ3n) is 4.05. The van der Waals surface area contributed by atoms with Crippen molar-refractivity contribution in [3.05, 3.63) is 96.5 Å². The van der Waals surface area contributed by atoms with Gasteiger partial charge in [-0.3, -0.25) is 10.1 Å². The van der Waals surface area contributed by atoms with Gasteiger partial charge in [-0.2, -0.15) is 5.10 Å². The second kappa shape index (κ2) is 8.84. The number of hydrogen-bond acceptors (Lipinski definition) is 6. The van der Waals surface area contributed by atoms with E-state index < -0.39 is 10.8 Å². The van der Waals surface area contributed by atoms with E-state index in [-0.39, 0.29) is 11.6 Å². The van der Waals surface area contributed by atoms with Crippen LogP contribution in [-0.2, 0) is 0 Å². The van der Waals surface area contributed by atoms with Gasteiger partial charge in [0.05, 0.1) is 33.7 Å². The summed E-state index contributed by atoms with van der Waals surface area (Å²) < 4.78 is 19.9. The Kier molecular flexibility index (Phi) is 5.99. The summed E-state index contributed by atoms with van der Waals surface area (Å²) in [5.74, 6) is -0.567. The second-order valence-electron chi connectivity index (χ2n) is 6.11. The van der Waals surface area contributed by atoms with E-state index in [1.807, 2.05) is 5.38 Å². The number of thiazole rings is 1. The summed E-state index contributed by atoms with van der Waals surface area (Å²) >= 11 is 13.5. The Hall–Kier alpha value is -3.27. The maximum atomic E-state index is 13.2. The minimum Gasteiger partial charge on any atom is -0.400 e. The number of nitro groups is 1. The summed E-state index contributed by atoms with van der Waals surface area (Å²) in [6.07, 6.45) is 1.34. The first-order chi connectivity index (χ1) is 14.9. The number of nitrogens with zero attached hydrogens (tertiary/aromatic N) is 4. The molecule has 0 atom stereocenters. The average Bonchev–Trinajstić information content (AvgIpc) is 3.37. The van der Waals surface area contributed by atoms with Crippen molar-refractivity contribution in [3.8, 4) is 11.3 Å². The van der Waals surface area contributed by atoms with Crippen molar-refractivity contribution in [1.82, 2.24) is 4.68 Å². The lowest BCUT2D eigenvalue weighted by atomic mass is 10.2. The maximum absolute atomic E-state index is 13.2. The van der Waals surface area contributed by atoms with E-state index in [4.69, 9.17) is 27.6 Å². The van der Waals surface area contributed by atoms with Gasteiger partial charge < -0.3 is 4.42 Å². The Morgan fingerprint density at radius 3 is 2.55 bits per heavy atom. The van der Waals surface area contributed by atoms with Crippen LogP contribution in [0, 0.1) is 15.9 Å². The van der Waals surface area contributed by atoms with Crippen molar-refractivity contribution in [2.75, 3.05) is 0 Å². The average molecular weight is 477 g/mol. The van der Waals surface area contributed by atoms with E-state index in [9.17, 15) is 14.5 Å². The van der Waals surface area contributed by atoms with Gasteiger partial charge in [-0.05, 0) is 42.5 Å². The summed E-state index contributed by atoms with van der Waals surface area (Å²) in [6.45, 7) is 0. The summed E-state index contributed by atoms with van der Waals surface area (Å²) in [6, 6.07) is 13.5. The zero-order valence-corrected chi connectivity index (χ0v) is 17.7. The minimum absolute atomic E-state index is 0.193. The molecule has 0 saturated carbocycles. The fourth-order valence-electron chi connectivity index (χ4n) is 2.59. The molecule has 156 valence electrons. The molecular weight excluding hydrogens is 466 g/mol. The predicted molar refractivity (Wildman–Crippen MR) is 118 cm³/mol. The number of halogens is 3. The van der Waals surface area contributed by atoms with E-state index in [1.165, 1.54) is 58.6 Å². The molecule has 0 saturated heterocycles. The van der Waals surface area contributed by atoms with Gasteiger partial charge in [0.1, 0.15) is 10.7 Å². The monoisotopic (exact) mass is 476 g/mol. The number of aromatic nitrogens is 1. The Labute approximate surface area is 188 Å². The lowest BCUT2D eigenvalue weighted by Crippen LogP contribution is -2.11. The molecule has 31 heavy (non-hydrogen) atoms. The van der Waals surface area contributed by atoms with Crippen molar-refractivity contribution >= 4 is 52.3 Å². The molecule has 0 fully saturated rings. The van der Waals surface area contributed by atoms with Crippen LogP contribution in [0.4, 0.5) is 16.0 Å². The highest BCUT2D eigenvalue weighted by molar-refractivity contribution is 7.07. The normalized spacial score (nSPS) is 12.0.